The minimum atomic E-state index is -0.359. The van der Waals surface area contributed by atoms with Crippen molar-refractivity contribution in [3.8, 4) is 0 Å². The van der Waals surface area contributed by atoms with E-state index in [2.05, 4.69) is 31.2 Å². The average molecular weight is 232 g/mol. The minimum absolute atomic E-state index is 0.0927. The molecule has 1 aliphatic carbocycles. The Balaban J connectivity index is 2.07. The predicted molar refractivity (Wildman–Crippen MR) is 67.0 cm³/mol. The maximum atomic E-state index is 5.98. The second kappa shape index (κ2) is 3.82. The molecule has 1 aromatic carbocycles. The van der Waals surface area contributed by atoms with Gasteiger partial charge < -0.3 is 9.47 Å². The Morgan fingerprint density at radius 1 is 1.12 bits per heavy atom. The molecule has 1 saturated heterocycles. The van der Waals surface area contributed by atoms with E-state index in [4.69, 9.17) is 9.47 Å². The molecular weight excluding hydrogens is 212 g/mol. The Bertz CT molecular complexity index is 397. The number of ether oxygens (including phenoxy) is 2. The van der Waals surface area contributed by atoms with Crippen LogP contribution in [0.4, 0.5) is 0 Å². The molecule has 0 radical (unpaired) electrons. The maximum absolute atomic E-state index is 5.98. The van der Waals surface area contributed by atoms with E-state index < -0.39 is 0 Å². The molecule has 1 aliphatic heterocycles. The van der Waals surface area contributed by atoms with Gasteiger partial charge >= 0.3 is 0 Å². The lowest BCUT2D eigenvalue weighted by Crippen LogP contribution is -2.45. The minimum Gasteiger partial charge on any atom is -0.352 e. The third-order valence-corrected chi connectivity index (χ3v) is 4.64. The van der Waals surface area contributed by atoms with Gasteiger partial charge in [-0.25, -0.2) is 0 Å². The molecule has 0 bridgehead atoms. The molecule has 0 amide bonds. The zero-order valence-electron chi connectivity index (χ0n) is 10.7. The summed E-state index contributed by atoms with van der Waals surface area (Å²) in [6.07, 6.45) is 4.49. The molecule has 1 heterocycles. The van der Waals surface area contributed by atoms with E-state index in [1.807, 2.05) is 0 Å². The van der Waals surface area contributed by atoms with Gasteiger partial charge in [-0.2, -0.15) is 0 Å². The Kier molecular flexibility index (Phi) is 2.53. The molecular formula is C15H20O2. The molecule has 17 heavy (non-hydrogen) atoms. The summed E-state index contributed by atoms with van der Waals surface area (Å²) in [5.41, 5.74) is 2.79. The van der Waals surface area contributed by atoms with Crippen LogP contribution in [0.25, 0.3) is 0 Å². The quantitative estimate of drug-likeness (QED) is 0.779. The van der Waals surface area contributed by atoms with Crippen LogP contribution in [-0.4, -0.2) is 19.5 Å². The smallest absolute Gasteiger partial charge is 0.177 e. The van der Waals surface area contributed by atoms with Gasteiger partial charge in [0.05, 0.1) is 12.0 Å². The first-order valence-corrected chi connectivity index (χ1v) is 6.49. The summed E-state index contributed by atoms with van der Waals surface area (Å²) in [7, 11) is 1.79. The molecule has 0 N–H and O–H groups in total. The van der Waals surface area contributed by atoms with E-state index in [9.17, 15) is 0 Å². The summed E-state index contributed by atoms with van der Waals surface area (Å²) >= 11 is 0. The van der Waals surface area contributed by atoms with E-state index in [1.54, 1.807) is 7.11 Å². The highest BCUT2D eigenvalue weighted by Crippen LogP contribution is 2.56. The molecule has 2 nitrogen and oxygen atoms in total. The van der Waals surface area contributed by atoms with E-state index in [-0.39, 0.29) is 11.2 Å². The second-order valence-electron chi connectivity index (χ2n) is 5.36. The van der Waals surface area contributed by atoms with E-state index >= 15 is 0 Å². The Hall–Kier alpha value is -0.860. The van der Waals surface area contributed by atoms with E-state index in [0.717, 1.165) is 19.4 Å². The van der Waals surface area contributed by atoms with Crippen LogP contribution in [0.1, 0.15) is 36.8 Å². The number of methoxy groups -OCH3 is 1. The summed E-state index contributed by atoms with van der Waals surface area (Å²) in [4.78, 5) is 0. The monoisotopic (exact) mass is 232 g/mol. The van der Waals surface area contributed by atoms with Gasteiger partial charge in [0, 0.05) is 13.5 Å². The third-order valence-electron chi connectivity index (χ3n) is 4.64. The summed E-state index contributed by atoms with van der Waals surface area (Å²) < 4.78 is 11.8. The topological polar surface area (TPSA) is 18.5 Å². The lowest BCUT2D eigenvalue weighted by molar-refractivity contribution is -0.213. The fourth-order valence-electron chi connectivity index (χ4n) is 3.71. The maximum Gasteiger partial charge on any atom is 0.177 e. The van der Waals surface area contributed by atoms with Crippen LogP contribution in [-0.2, 0) is 14.9 Å². The van der Waals surface area contributed by atoms with Crippen molar-refractivity contribution in [3.05, 3.63) is 35.4 Å². The Morgan fingerprint density at radius 3 is 2.59 bits per heavy atom. The first-order chi connectivity index (χ1) is 8.22. The molecule has 2 heteroatoms. The van der Waals surface area contributed by atoms with Crippen LogP contribution >= 0.6 is 0 Å². The number of benzene rings is 1. The number of hydrogen-bond acceptors (Lipinski definition) is 2. The number of hydrogen-bond donors (Lipinski definition) is 0. The number of fused-ring (bicyclic) bond motifs is 1. The van der Waals surface area contributed by atoms with Gasteiger partial charge in [-0.1, -0.05) is 29.8 Å². The van der Waals surface area contributed by atoms with Crippen LogP contribution in [0.15, 0.2) is 24.3 Å². The molecule has 1 saturated carbocycles. The molecule has 2 aliphatic rings. The van der Waals surface area contributed by atoms with Crippen LogP contribution in [0.3, 0.4) is 0 Å². The summed E-state index contributed by atoms with van der Waals surface area (Å²) in [5.74, 6) is -0.359. The predicted octanol–water partition coefficient (Wildman–Crippen LogP) is 3.18. The first-order valence-electron chi connectivity index (χ1n) is 6.49. The molecule has 0 aromatic heterocycles. The van der Waals surface area contributed by atoms with Gasteiger partial charge in [-0.3, -0.25) is 0 Å². The zero-order chi connectivity index (χ0) is 11.9. The standard InChI is InChI=1S/C15H20O2/c1-12-4-6-13(7-5-12)14-8-3-9-15(14,16-2)17-11-10-14/h4-7H,3,8-11H2,1-2H3. The van der Waals surface area contributed by atoms with Gasteiger partial charge in [0.2, 0.25) is 0 Å². The van der Waals surface area contributed by atoms with Gasteiger partial charge in [0.15, 0.2) is 5.79 Å². The van der Waals surface area contributed by atoms with Crippen molar-refractivity contribution in [2.24, 2.45) is 0 Å². The summed E-state index contributed by atoms with van der Waals surface area (Å²) in [6, 6.07) is 8.90. The Morgan fingerprint density at radius 2 is 1.88 bits per heavy atom. The van der Waals surface area contributed by atoms with Crippen LogP contribution in [0, 0.1) is 6.92 Å². The zero-order valence-corrected chi connectivity index (χ0v) is 10.7. The highest BCUT2D eigenvalue weighted by Gasteiger charge is 2.60. The fourth-order valence-corrected chi connectivity index (χ4v) is 3.71. The van der Waals surface area contributed by atoms with Gasteiger partial charge in [-0.15, -0.1) is 0 Å². The molecule has 2 atom stereocenters. The van der Waals surface area contributed by atoms with E-state index in [0.29, 0.717) is 0 Å². The first kappa shape index (κ1) is 11.2. The van der Waals surface area contributed by atoms with Crippen molar-refractivity contribution >= 4 is 0 Å². The molecule has 1 aromatic rings. The molecule has 0 spiro atoms. The third kappa shape index (κ3) is 1.40. The van der Waals surface area contributed by atoms with Crippen molar-refractivity contribution in [1.82, 2.24) is 0 Å². The van der Waals surface area contributed by atoms with Crippen molar-refractivity contribution in [3.63, 3.8) is 0 Å². The van der Waals surface area contributed by atoms with E-state index in [1.165, 1.54) is 24.0 Å². The molecule has 2 fully saturated rings. The van der Waals surface area contributed by atoms with Crippen LogP contribution in [0.2, 0.25) is 0 Å². The summed E-state index contributed by atoms with van der Waals surface area (Å²) in [5, 5.41) is 0. The van der Waals surface area contributed by atoms with Crippen LogP contribution < -0.4 is 0 Å². The van der Waals surface area contributed by atoms with Gasteiger partial charge in [0.1, 0.15) is 0 Å². The van der Waals surface area contributed by atoms with Gasteiger partial charge in [-0.05, 0) is 31.7 Å². The SMILES string of the molecule is COC12CCCC1(c1ccc(C)cc1)CCO2. The average Bonchev–Trinajstić information content (AvgIpc) is 2.85. The van der Waals surface area contributed by atoms with Crippen molar-refractivity contribution in [1.29, 1.82) is 0 Å². The highest BCUT2D eigenvalue weighted by atomic mass is 16.7. The highest BCUT2D eigenvalue weighted by molar-refractivity contribution is 5.34. The lowest BCUT2D eigenvalue weighted by atomic mass is 9.74. The second-order valence-corrected chi connectivity index (χ2v) is 5.36. The molecule has 3 rings (SSSR count). The molecule has 92 valence electrons. The lowest BCUT2D eigenvalue weighted by Gasteiger charge is -2.38. The van der Waals surface area contributed by atoms with Gasteiger partial charge in [0.25, 0.3) is 0 Å². The number of aryl methyl sites for hydroxylation is 1. The largest absolute Gasteiger partial charge is 0.352 e. The van der Waals surface area contributed by atoms with Crippen molar-refractivity contribution in [2.45, 2.75) is 43.8 Å². The van der Waals surface area contributed by atoms with Crippen molar-refractivity contribution < 1.29 is 9.47 Å². The van der Waals surface area contributed by atoms with Crippen LogP contribution in [0.5, 0.6) is 0 Å². The molecule has 2 unspecified atom stereocenters. The number of rotatable bonds is 2. The summed E-state index contributed by atoms with van der Waals surface area (Å²) in [6.45, 7) is 2.95. The fraction of sp³-hybridized carbons (Fsp3) is 0.600. The normalized spacial score (nSPS) is 36.1. The Labute approximate surface area is 103 Å². The van der Waals surface area contributed by atoms with Crippen molar-refractivity contribution in [2.75, 3.05) is 13.7 Å².